The Labute approximate surface area is 134 Å². The summed E-state index contributed by atoms with van der Waals surface area (Å²) >= 11 is 9.84. The largest absolute Gasteiger partial charge is 0.236 e. The Morgan fingerprint density at radius 2 is 1.70 bits per heavy atom. The Morgan fingerprint density at radius 3 is 2.30 bits per heavy atom. The van der Waals surface area contributed by atoms with Crippen LogP contribution in [0.25, 0.3) is 0 Å². The van der Waals surface area contributed by atoms with Crippen LogP contribution < -0.4 is 0 Å². The summed E-state index contributed by atoms with van der Waals surface area (Å²) in [7, 11) is 0. The Kier molecular flexibility index (Phi) is 4.66. The van der Waals surface area contributed by atoms with Crippen LogP contribution in [0.4, 0.5) is 0 Å². The van der Waals surface area contributed by atoms with E-state index in [1.54, 1.807) is 0 Å². The maximum absolute atomic E-state index is 6.29. The number of aromatic nitrogens is 2. The van der Waals surface area contributed by atoms with Crippen LogP contribution in [0.15, 0.2) is 4.47 Å². The fraction of sp³-hybridized carbons (Fsp3) is 0.750. The van der Waals surface area contributed by atoms with E-state index in [9.17, 15) is 0 Å². The molecular weight excluding hydrogens is 336 g/mol. The molecule has 0 radical (unpaired) electrons. The van der Waals surface area contributed by atoms with E-state index in [0.717, 1.165) is 21.9 Å². The molecule has 0 N–H and O–H groups in total. The molecule has 1 aromatic heterocycles. The highest BCUT2D eigenvalue weighted by atomic mass is 79.9. The number of rotatable bonds is 4. The van der Waals surface area contributed by atoms with E-state index in [1.165, 1.54) is 51.4 Å². The van der Waals surface area contributed by atoms with Gasteiger partial charge in [0.1, 0.15) is 11.0 Å². The first kappa shape index (κ1) is 14.8. The minimum absolute atomic E-state index is 0.520. The van der Waals surface area contributed by atoms with E-state index in [-0.39, 0.29) is 0 Å². The van der Waals surface area contributed by atoms with Crippen LogP contribution in [0.5, 0.6) is 0 Å². The van der Waals surface area contributed by atoms with Crippen LogP contribution >= 0.6 is 27.5 Å². The highest BCUT2D eigenvalue weighted by molar-refractivity contribution is 9.10. The smallest absolute Gasteiger partial charge is 0.147 e. The maximum atomic E-state index is 6.29. The molecule has 0 saturated heterocycles. The molecule has 20 heavy (non-hydrogen) atoms. The van der Waals surface area contributed by atoms with Crippen molar-refractivity contribution < 1.29 is 0 Å². The van der Waals surface area contributed by atoms with Gasteiger partial charge in [0.2, 0.25) is 0 Å². The van der Waals surface area contributed by atoms with Crippen molar-refractivity contribution in [3.63, 3.8) is 0 Å². The number of nitrogens with zero attached hydrogens (tertiary/aromatic N) is 2. The van der Waals surface area contributed by atoms with Gasteiger partial charge in [-0.1, -0.05) is 31.4 Å². The van der Waals surface area contributed by atoms with Gasteiger partial charge in [-0.25, -0.2) is 9.97 Å². The standard InChI is InChI=1S/C16H22BrClN2/c1-2-3-10-4-6-12(7-5-10)16-19-14(11-8-9-11)13(17)15(18)20-16/h10-12H,2-9H2,1H3. The van der Waals surface area contributed by atoms with Gasteiger partial charge in [0.25, 0.3) is 0 Å². The quantitative estimate of drug-likeness (QED) is 0.632. The lowest BCUT2D eigenvalue weighted by Crippen LogP contribution is -2.16. The van der Waals surface area contributed by atoms with Gasteiger partial charge in [-0.15, -0.1) is 0 Å². The van der Waals surface area contributed by atoms with Crippen molar-refractivity contribution in [1.29, 1.82) is 0 Å². The summed E-state index contributed by atoms with van der Waals surface area (Å²) in [6.45, 7) is 2.28. The lowest BCUT2D eigenvalue weighted by atomic mass is 9.80. The monoisotopic (exact) mass is 356 g/mol. The number of hydrogen-bond acceptors (Lipinski definition) is 2. The van der Waals surface area contributed by atoms with Gasteiger partial charge in [-0.3, -0.25) is 0 Å². The van der Waals surface area contributed by atoms with Crippen molar-refractivity contribution in [3.8, 4) is 0 Å². The molecule has 2 saturated carbocycles. The molecule has 2 aliphatic carbocycles. The molecule has 2 nitrogen and oxygen atoms in total. The maximum Gasteiger partial charge on any atom is 0.147 e. The average molecular weight is 358 g/mol. The molecular formula is C16H22BrClN2. The first-order chi connectivity index (χ1) is 9.69. The molecule has 0 unspecified atom stereocenters. The van der Waals surface area contributed by atoms with E-state index in [2.05, 4.69) is 27.8 Å². The topological polar surface area (TPSA) is 25.8 Å². The summed E-state index contributed by atoms with van der Waals surface area (Å²) in [5.74, 6) is 3.05. The van der Waals surface area contributed by atoms with Gasteiger partial charge in [0.05, 0.1) is 10.2 Å². The molecule has 2 fully saturated rings. The van der Waals surface area contributed by atoms with Gasteiger partial charge in [0, 0.05) is 11.8 Å². The zero-order chi connectivity index (χ0) is 14.1. The minimum atomic E-state index is 0.520. The van der Waals surface area contributed by atoms with Gasteiger partial charge >= 0.3 is 0 Å². The van der Waals surface area contributed by atoms with Gasteiger partial charge < -0.3 is 0 Å². The summed E-state index contributed by atoms with van der Waals surface area (Å²) in [5, 5.41) is 0.604. The summed E-state index contributed by atoms with van der Waals surface area (Å²) in [6, 6.07) is 0. The molecule has 0 aliphatic heterocycles. The Morgan fingerprint density at radius 1 is 1.05 bits per heavy atom. The fourth-order valence-electron chi connectivity index (χ4n) is 3.38. The second kappa shape index (κ2) is 6.31. The second-order valence-electron chi connectivity index (χ2n) is 6.35. The van der Waals surface area contributed by atoms with E-state index in [4.69, 9.17) is 16.6 Å². The van der Waals surface area contributed by atoms with Crippen molar-refractivity contribution in [2.24, 2.45) is 5.92 Å². The van der Waals surface area contributed by atoms with Crippen molar-refractivity contribution in [1.82, 2.24) is 9.97 Å². The molecule has 1 heterocycles. The molecule has 3 rings (SSSR count). The molecule has 0 spiro atoms. The number of hydrogen-bond donors (Lipinski definition) is 0. The first-order valence-electron chi connectivity index (χ1n) is 7.91. The molecule has 2 aliphatic rings. The summed E-state index contributed by atoms with van der Waals surface area (Å²) in [5.41, 5.74) is 1.15. The summed E-state index contributed by atoms with van der Waals surface area (Å²) in [4.78, 5) is 9.39. The highest BCUT2D eigenvalue weighted by Crippen LogP contribution is 2.45. The Balaban J connectivity index is 1.74. The third kappa shape index (κ3) is 3.19. The fourth-order valence-corrected chi connectivity index (χ4v) is 4.06. The minimum Gasteiger partial charge on any atom is -0.236 e. The molecule has 110 valence electrons. The normalized spacial score (nSPS) is 26.8. The predicted octanol–water partition coefficient (Wildman–Crippen LogP) is 5.84. The molecule has 4 heteroatoms. The van der Waals surface area contributed by atoms with Crippen LogP contribution in [-0.4, -0.2) is 9.97 Å². The third-order valence-electron chi connectivity index (χ3n) is 4.73. The van der Waals surface area contributed by atoms with E-state index >= 15 is 0 Å². The van der Waals surface area contributed by atoms with Gasteiger partial charge in [-0.05, 0) is 60.4 Å². The second-order valence-corrected chi connectivity index (χ2v) is 7.50. The lowest BCUT2D eigenvalue weighted by molar-refractivity contribution is 0.302. The molecule has 0 bridgehead atoms. The van der Waals surface area contributed by atoms with Gasteiger partial charge in [0.15, 0.2) is 0 Å². The van der Waals surface area contributed by atoms with E-state index in [0.29, 0.717) is 17.0 Å². The predicted molar refractivity (Wildman–Crippen MR) is 86.3 cm³/mol. The van der Waals surface area contributed by atoms with Crippen LogP contribution in [-0.2, 0) is 0 Å². The Hall–Kier alpha value is -0.150. The van der Waals surface area contributed by atoms with E-state index < -0.39 is 0 Å². The Bertz CT molecular complexity index is 480. The van der Waals surface area contributed by atoms with Crippen molar-refractivity contribution in [2.75, 3.05) is 0 Å². The van der Waals surface area contributed by atoms with Crippen LogP contribution in [0, 0.1) is 5.92 Å². The molecule has 0 atom stereocenters. The van der Waals surface area contributed by atoms with Gasteiger partial charge in [-0.2, -0.15) is 0 Å². The zero-order valence-electron chi connectivity index (χ0n) is 12.0. The SMILES string of the molecule is CCCC1CCC(c2nc(Cl)c(Br)c(C3CC3)n2)CC1. The molecule has 0 amide bonds. The van der Waals surface area contributed by atoms with Crippen molar-refractivity contribution >= 4 is 27.5 Å². The number of halogens is 2. The summed E-state index contributed by atoms with van der Waals surface area (Å²) < 4.78 is 0.921. The molecule has 1 aromatic rings. The van der Waals surface area contributed by atoms with Crippen molar-refractivity contribution in [3.05, 3.63) is 21.1 Å². The highest BCUT2D eigenvalue weighted by Gasteiger charge is 2.31. The molecule has 0 aromatic carbocycles. The summed E-state index contributed by atoms with van der Waals surface area (Å²) in [6.07, 6.45) is 10.3. The van der Waals surface area contributed by atoms with Crippen molar-refractivity contribution in [2.45, 2.75) is 70.1 Å². The first-order valence-corrected chi connectivity index (χ1v) is 9.09. The zero-order valence-corrected chi connectivity index (χ0v) is 14.4. The van der Waals surface area contributed by atoms with E-state index in [1.807, 2.05) is 0 Å². The van der Waals surface area contributed by atoms with Crippen LogP contribution in [0.3, 0.4) is 0 Å². The van der Waals surface area contributed by atoms with Crippen LogP contribution in [0.1, 0.15) is 81.6 Å². The lowest BCUT2D eigenvalue weighted by Gasteiger charge is -2.27. The average Bonchev–Trinajstić information content (AvgIpc) is 3.27. The van der Waals surface area contributed by atoms with Crippen LogP contribution in [0.2, 0.25) is 5.15 Å². The third-order valence-corrected chi connectivity index (χ3v) is 6.01.